The van der Waals surface area contributed by atoms with E-state index in [-0.39, 0.29) is 0 Å². The normalized spacial score (nSPS) is 12.4. The zero-order chi connectivity index (χ0) is 25.3. The summed E-state index contributed by atoms with van der Waals surface area (Å²) in [6.45, 7) is 0. The average Bonchev–Trinajstić information content (AvgIpc) is 2.85. The monoisotopic (exact) mass is 592 g/mol. The quantitative estimate of drug-likeness (QED) is 0.218. The molecular formula is C27H18F6OSn. The number of halogens is 6. The van der Waals surface area contributed by atoms with Gasteiger partial charge in [0.15, 0.2) is 0 Å². The van der Waals surface area contributed by atoms with Crippen molar-refractivity contribution in [3.63, 3.8) is 0 Å². The fraction of sp³-hybridized carbons (Fsp3) is 0.0741. The number of hydrogen-bond acceptors (Lipinski definition) is 1. The van der Waals surface area contributed by atoms with Crippen LogP contribution < -0.4 is 10.7 Å². The molecule has 4 rings (SSSR count). The molecule has 178 valence electrons. The zero-order valence-electron chi connectivity index (χ0n) is 18.1. The molecule has 0 aliphatic rings. The molecule has 0 unspecified atom stereocenters. The van der Waals surface area contributed by atoms with Crippen LogP contribution in [0.5, 0.6) is 0 Å². The van der Waals surface area contributed by atoms with Crippen molar-refractivity contribution in [2.75, 3.05) is 0 Å². The van der Waals surface area contributed by atoms with Gasteiger partial charge in [-0.3, -0.25) is 0 Å². The molecule has 0 amide bonds. The van der Waals surface area contributed by atoms with Crippen LogP contribution in [0.2, 0.25) is 0 Å². The Balaban J connectivity index is 2.19. The van der Waals surface area contributed by atoms with Crippen LogP contribution in [0.3, 0.4) is 0 Å². The molecular weight excluding hydrogens is 573 g/mol. The first-order valence-electron chi connectivity index (χ1n) is 10.6. The van der Waals surface area contributed by atoms with Crippen LogP contribution in [0.25, 0.3) is 0 Å². The predicted octanol–water partition coefficient (Wildman–Crippen LogP) is 5.62. The number of carbonyl (C=O) groups is 1. The van der Waals surface area contributed by atoms with Crippen molar-refractivity contribution in [3.8, 4) is 0 Å². The van der Waals surface area contributed by atoms with Gasteiger partial charge in [0.05, 0.1) is 0 Å². The fourth-order valence-electron chi connectivity index (χ4n) is 4.41. The third-order valence-electron chi connectivity index (χ3n) is 5.86. The summed E-state index contributed by atoms with van der Waals surface area (Å²) in [4.78, 5) is 14.5. The Kier molecular flexibility index (Phi) is 6.81. The Bertz CT molecular complexity index is 1190. The first-order chi connectivity index (χ1) is 16.6. The van der Waals surface area contributed by atoms with Crippen molar-refractivity contribution in [3.05, 3.63) is 126 Å². The maximum absolute atomic E-state index is 14.5. The Hall–Kier alpha value is -3.07. The molecule has 35 heavy (non-hydrogen) atoms. The second-order valence-electron chi connectivity index (χ2n) is 7.90. The van der Waals surface area contributed by atoms with Crippen molar-refractivity contribution < 1.29 is 31.1 Å². The summed E-state index contributed by atoms with van der Waals surface area (Å²) in [5.74, 6) is 0. The van der Waals surface area contributed by atoms with E-state index < -0.39 is 51.2 Å². The number of hydrogen-bond donors (Lipinski definition) is 0. The van der Waals surface area contributed by atoms with Crippen molar-refractivity contribution in [2.45, 2.75) is 12.4 Å². The van der Waals surface area contributed by atoms with Crippen molar-refractivity contribution in [1.82, 2.24) is 0 Å². The Morgan fingerprint density at radius 3 is 1.09 bits per heavy atom. The Labute approximate surface area is 201 Å². The minimum absolute atomic E-state index is 0.453. The number of rotatable bonds is 5. The summed E-state index contributed by atoms with van der Waals surface area (Å²) in [6.07, 6.45) is -10.3. The molecule has 0 atom stereocenters. The van der Waals surface area contributed by atoms with E-state index in [4.69, 9.17) is 0 Å². The van der Waals surface area contributed by atoms with Crippen LogP contribution in [0, 0.1) is 0 Å². The van der Waals surface area contributed by atoms with Gasteiger partial charge >= 0.3 is 202 Å². The Morgan fingerprint density at radius 2 is 0.800 bits per heavy atom. The van der Waals surface area contributed by atoms with E-state index in [1.807, 2.05) is 0 Å². The first-order valence-corrected chi connectivity index (χ1v) is 16.3. The van der Waals surface area contributed by atoms with E-state index in [2.05, 4.69) is 0 Å². The Morgan fingerprint density at radius 1 is 0.486 bits per heavy atom. The topological polar surface area (TPSA) is 17.1 Å². The van der Waals surface area contributed by atoms with Crippen molar-refractivity contribution >= 4 is 32.9 Å². The molecule has 0 spiro atoms. The molecule has 0 saturated carbocycles. The van der Waals surface area contributed by atoms with E-state index in [1.165, 1.54) is 0 Å². The molecule has 1 nitrogen and oxygen atoms in total. The molecule has 0 heterocycles. The zero-order valence-corrected chi connectivity index (χ0v) is 20.9. The SMILES string of the molecule is O=[C](c1c(C(F)(F)F)cccc1C(F)(F)F)[Sn]([c]1ccccc1)([c]1ccccc1)[c]1ccccc1. The van der Waals surface area contributed by atoms with Crippen molar-refractivity contribution in [1.29, 1.82) is 0 Å². The van der Waals surface area contributed by atoms with Crippen LogP contribution in [-0.4, -0.2) is 22.2 Å². The summed E-state index contributed by atoms with van der Waals surface area (Å²) in [7, 11) is 0. The van der Waals surface area contributed by atoms with Gasteiger partial charge in [-0.15, -0.1) is 0 Å². The molecule has 0 bridgehead atoms. The van der Waals surface area contributed by atoms with Gasteiger partial charge in [0.1, 0.15) is 0 Å². The molecule has 0 saturated heterocycles. The molecule has 0 aliphatic heterocycles. The van der Waals surface area contributed by atoms with E-state index >= 15 is 0 Å². The predicted molar refractivity (Wildman–Crippen MR) is 125 cm³/mol. The van der Waals surface area contributed by atoms with Gasteiger partial charge in [-0.05, 0) is 0 Å². The van der Waals surface area contributed by atoms with Gasteiger partial charge in [-0.2, -0.15) is 0 Å². The van der Waals surface area contributed by atoms with Gasteiger partial charge in [0, 0.05) is 0 Å². The minimum atomic E-state index is -5.23. The summed E-state index contributed by atoms with van der Waals surface area (Å²) < 4.78 is 84.7. The van der Waals surface area contributed by atoms with Crippen LogP contribution in [0.1, 0.15) is 21.5 Å². The van der Waals surface area contributed by atoms with Gasteiger partial charge in [0.2, 0.25) is 0 Å². The molecule has 8 heteroatoms. The van der Waals surface area contributed by atoms with E-state index in [0.717, 1.165) is 0 Å². The van der Waals surface area contributed by atoms with E-state index in [9.17, 15) is 31.1 Å². The number of carbonyl (C=O) groups excluding carboxylic acids is 1. The van der Waals surface area contributed by atoms with Gasteiger partial charge in [0.25, 0.3) is 0 Å². The molecule has 4 aromatic rings. The van der Waals surface area contributed by atoms with E-state index in [0.29, 0.717) is 28.9 Å². The number of benzene rings is 4. The molecule has 0 aromatic heterocycles. The summed E-state index contributed by atoms with van der Waals surface area (Å²) in [5.41, 5.74) is -4.48. The second kappa shape index (κ2) is 9.53. The van der Waals surface area contributed by atoms with Crippen LogP contribution in [0.15, 0.2) is 109 Å². The summed E-state index contributed by atoms with van der Waals surface area (Å²) in [5, 5.41) is 0. The molecule has 0 N–H and O–H groups in total. The standard InChI is InChI=1S/C9H3F6O.3C6H5.Sn/c10-8(11,12)6-2-1-3-7(5(6)4-16)9(13,14)15;3*1-2-4-6-5-3-1;/h1-3H;3*1-5H;. The molecule has 0 radical (unpaired) electrons. The van der Waals surface area contributed by atoms with Crippen molar-refractivity contribution in [2.24, 2.45) is 0 Å². The molecule has 0 aliphatic carbocycles. The van der Waals surface area contributed by atoms with Gasteiger partial charge < -0.3 is 0 Å². The first kappa shape index (κ1) is 25.0. The van der Waals surface area contributed by atoms with Gasteiger partial charge in [-0.25, -0.2) is 0 Å². The van der Waals surface area contributed by atoms with E-state index in [1.54, 1.807) is 91.0 Å². The molecule has 4 aromatic carbocycles. The maximum atomic E-state index is 14.5. The van der Waals surface area contributed by atoms with Crippen LogP contribution >= 0.6 is 0 Å². The summed E-state index contributed by atoms with van der Waals surface area (Å²) >= 11 is -5.23. The fourth-order valence-corrected chi connectivity index (χ4v) is 17.3. The average molecular weight is 591 g/mol. The second-order valence-corrected chi connectivity index (χ2v) is 18.4. The summed E-state index contributed by atoms with van der Waals surface area (Å²) in [6, 6.07) is 26.4. The number of alkyl halides is 6. The third kappa shape index (κ3) is 4.61. The van der Waals surface area contributed by atoms with Crippen LogP contribution in [0.4, 0.5) is 26.3 Å². The van der Waals surface area contributed by atoms with Crippen LogP contribution in [-0.2, 0) is 12.4 Å². The van der Waals surface area contributed by atoms with Gasteiger partial charge in [-0.1, -0.05) is 0 Å². The molecule has 0 fully saturated rings. The third-order valence-corrected chi connectivity index (χ3v) is 18.8.